The fourth-order valence-electron chi connectivity index (χ4n) is 1.62. The summed E-state index contributed by atoms with van der Waals surface area (Å²) in [7, 11) is 0. The Bertz CT molecular complexity index is 502. The van der Waals surface area contributed by atoms with E-state index < -0.39 is 23.9 Å². The van der Waals surface area contributed by atoms with Crippen LogP contribution in [-0.2, 0) is 4.74 Å². The van der Waals surface area contributed by atoms with Crippen molar-refractivity contribution in [3.8, 4) is 0 Å². The molecule has 1 aromatic carbocycles. The molecule has 0 saturated heterocycles. The van der Waals surface area contributed by atoms with Crippen molar-refractivity contribution < 1.29 is 19.7 Å². The van der Waals surface area contributed by atoms with E-state index in [0.29, 0.717) is 11.3 Å². The van der Waals surface area contributed by atoms with E-state index in [4.69, 9.17) is 10.5 Å². The molecule has 0 aromatic heterocycles. The van der Waals surface area contributed by atoms with Gasteiger partial charge in [0, 0.05) is 22.3 Å². The number of halogens is 1. The van der Waals surface area contributed by atoms with E-state index in [1.54, 1.807) is 39.0 Å². The van der Waals surface area contributed by atoms with Crippen LogP contribution < -0.4 is 11.1 Å². The van der Waals surface area contributed by atoms with Gasteiger partial charge in [0.1, 0.15) is 17.8 Å². The largest absolute Gasteiger partial charge is 0.444 e. The monoisotopic (exact) mass is 360 g/mol. The molecule has 6 nitrogen and oxygen atoms in total. The number of carbonyl (C=O) groups is 1. The standard InChI is InChI=1S/C14H21BrN2O4/c1-14(2,3)21-13(20)17-7-11(18)12(19)9-6-8(15)4-5-10(9)16/h4-6,11-12,18-19H,7,16H2,1-3H3,(H,17,20). The lowest BCUT2D eigenvalue weighted by atomic mass is 10.0. The van der Waals surface area contributed by atoms with Crippen molar-refractivity contribution in [2.24, 2.45) is 0 Å². The molecule has 0 bridgehead atoms. The highest BCUT2D eigenvalue weighted by molar-refractivity contribution is 9.10. The molecule has 0 fully saturated rings. The zero-order chi connectivity index (χ0) is 16.2. The molecule has 2 atom stereocenters. The van der Waals surface area contributed by atoms with Crippen LogP contribution >= 0.6 is 15.9 Å². The second kappa shape index (κ2) is 7.11. The second-order valence-electron chi connectivity index (χ2n) is 5.67. The van der Waals surface area contributed by atoms with Crippen molar-refractivity contribution in [3.63, 3.8) is 0 Å². The number of aliphatic hydroxyl groups excluding tert-OH is 2. The van der Waals surface area contributed by atoms with Crippen LogP contribution in [0.1, 0.15) is 32.4 Å². The van der Waals surface area contributed by atoms with Gasteiger partial charge in [-0.2, -0.15) is 0 Å². The minimum absolute atomic E-state index is 0.151. The Morgan fingerprint density at radius 2 is 2.05 bits per heavy atom. The van der Waals surface area contributed by atoms with Crippen LogP contribution in [-0.4, -0.2) is 34.6 Å². The van der Waals surface area contributed by atoms with Gasteiger partial charge in [0.2, 0.25) is 0 Å². The number of anilines is 1. The van der Waals surface area contributed by atoms with Gasteiger partial charge in [-0.25, -0.2) is 4.79 Å². The van der Waals surface area contributed by atoms with E-state index in [0.717, 1.165) is 4.47 Å². The highest BCUT2D eigenvalue weighted by Gasteiger charge is 2.23. The van der Waals surface area contributed by atoms with Crippen LogP contribution in [0.4, 0.5) is 10.5 Å². The third-order valence-electron chi connectivity index (χ3n) is 2.59. The first kappa shape index (κ1) is 17.7. The average molecular weight is 361 g/mol. The first-order chi connectivity index (χ1) is 9.60. The highest BCUT2D eigenvalue weighted by atomic mass is 79.9. The number of amides is 1. The van der Waals surface area contributed by atoms with Gasteiger partial charge in [-0.05, 0) is 39.0 Å². The first-order valence-corrected chi connectivity index (χ1v) is 7.27. The van der Waals surface area contributed by atoms with Crippen LogP contribution in [0.5, 0.6) is 0 Å². The first-order valence-electron chi connectivity index (χ1n) is 6.48. The Balaban J connectivity index is 2.61. The summed E-state index contributed by atoms with van der Waals surface area (Å²) in [5.74, 6) is 0. The number of carbonyl (C=O) groups excluding carboxylic acids is 1. The van der Waals surface area contributed by atoms with Crippen molar-refractivity contribution in [1.82, 2.24) is 5.32 Å². The van der Waals surface area contributed by atoms with Gasteiger partial charge in [-0.1, -0.05) is 15.9 Å². The van der Waals surface area contributed by atoms with Gasteiger partial charge in [-0.3, -0.25) is 0 Å². The molecule has 7 heteroatoms. The highest BCUT2D eigenvalue weighted by Crippen LogP contribution is 2.26. The predicted octanol–water partition coefficient (Wildman–Crippen LogP) is 1.95. The smallest absolute Gasteiger partial charge is 0.407 e. The maximum atomic E-state index is 11.5. The topological polar surface area (TPSA) is 105 Å². The van der Waals surface area contributed by atoms with Crippen molar-refractivity contribution in [2.45, 2.75) is 38.6 Å². The van der Waals surface area contributed by atoms with E-state index >= 15 is 0 Å². The normalized spacial score (nSPS) is 14.4. The zero-order valence-corrected chi connectivity index (χ0v) is 13.8. The minimum atomic E-state index is -1.21. The number of rotatable bonds is 4. The van der Waals surface area contributed by atoms with Crippen molar-refractivity contribution in [1.29, 1.82) is 0 Å². The van der Waals surface area contributed by atoms with E-state index in [9.17, 15) is 15.0 Å². The van der Waals surface area contributed by atoms with Crippen LogP contribution in [0, 0.1) is 0 Å². The molecule has 5 N–H and O–H groups in total. The van der Waals surface area contributed by atoms with E-state index in [2.05, 4.69) is 21.2 Å². The van der Waals surface area contributed by atoms with E-state index in [1.807, 2.05) is 0 Å². The number of benzene rings is 1. The lowest BCUT2D eigenvalue weighted by Crippen LogP contribution is -2.39. The molecule has 1 amide bonds. The summed E-state index contributed by atoms with van der Waals surface area (Å²) in [5.41, 5.74) is 5.90. The van der Waals surface area contributed by atoms with E-state index in [-0.39, 0.29) is 6.54 Å². The average Bonchev–Trinajstić information content (AvgIpc) is 2.36. The lowest BCUT2D eigenvalue weighted by molar-refractivity contribution is 0.0132. The van der Waals surface area contributed by atoms with Crippen molar-refractivity contribution >= 4 is 27.7 Å². The van der Waals surface area contributed by atoms with Crippen LogP contribution in [0.25, 0.3) is 0 Å². The van der Waals surface area contributed by atoms with Gasteiger partial charge in [-0.15, -0.1) is 0 Å². The number of ether oxygens (including phenoxy) is 1. The Kier molecular flexibility index (Phi) is 6.00. The summed E-state index contributed by atoms with van der Waals surface area (Å²) in [5, 5.41) is 22.4. The summed E-state index contributed by atoms with van der Waals surface area (Å²) >= 11 is 3.27. The van der Waals surface area contributed by atoms with Gasteiger partial charge in [0.25, 0.3) is 0 Å². The Morgan fingerprint density at radius 3 is 2.62 bits per heavy atom. The molecule has 21 heavy (non-hydrogen) atoms. The number of hydrogen-bond acceptors (Lipinski definition) is 5. The number of nitrogen functional groups attached to an aromatic ring is 1. The maximum Gasteiger partial charge on any atom is 0.407 e. The van der Waals surface area contributed by atoms with Crippen molar-refractivity contribution in [3.05, 3.63) is 28.2 Å². The summed E-state index contributed by atoms with van der Waals surface area (Å²) in [6, 6.07) is 4.98. The number of nitrogens with two attached hydrogens (primary N) is 1. The third-order valence-corrected chi connectivity index (χ3v) is 3.08. The Hall–Kier alpha value is -1.31. The van der Waals surface area contributed by atoms with Gasteiger partial charge in [0.05, 0.1) is 0 Å². The molecular weight excluding hydrogens is 340 g/mol. The molecule has 0 saturated carbocycles. The van der Waals surface area contributed by atoms with E-state index in [1.165, 1.54) is 0 Å². The molecule has 0 radical (unpaired) electrons. The van der Waals surface area contributed by atoms with Crippen molar-refractivity contribution in [2.75, 3.05) is 12.3 Å². The molecule has 1 aromatic rings. The molecule has 2 unspecified atom stereocenters. The molecule has 0 aliphatic heterocycles. The molecule has 0 aliphatic rings. The minimum Gasteiger partial charge on any atom is -0.444 e. The number of nitrogens with one attached hydrogen (secondary N) is 1. The fraction of sp³-hybridized carbons (Fsp3) is 0.500. The van der Waals surface area contributed by atoms with Crippen LogP contribution in [0.2, 0.25) is 0 Å². The summed E-state index contributed by atoms with van der Waals surface area (Å²) in [6.07, 6.45) is -3.07. The molecule has 1 rings (SSSR count). The van der Waals surface area contributed by atoms with Gasteiger partial charge >= 0.3 is 6.09 Å². The number of aliphatic hydroxyl groups is 2. The quantitative estimate of drug-likeness (QED) is 0.614. The Morgan fingerprint density at radius 1 is 1.43 bits per heavy atom. The summed E-state index contributed by atoms with van der Waals surface area (Å²) in [6.45, 7) is 5.06. The Labute approximate surface area is 132 Å². The molecule has 118 valence electrons. The molecule has 0 heterocycles. The van der Waals surface area contributed by atoms with Gasteiger partial charge in [0.15, 0.2) is 0 Å². The van der Waals surface area contributed by atoms with Crippen LogP contribution in [0.3, 0.4) is 0 Å². The number of hydrogen-bond donors (Lipinski definition) is 4. The maximum absolute atomic E-state index is 11.5. The third kappa shape index (κ3) is 5.91. The SMILES string of the molecule is CC(C)(C)OC(=O)NCC(O)C(O)c1cc(Br)ccc1N. The second-order valence-corrected chi connectivity index (χ2v) is 6.58. The fourth-order valence-corrected chi connectivity index (χ4v) is 2.00. The summed E-state index contributed by atoms with van der Waals surface area (Å²) < 4.78 is 5.78. The molecule has 0 aliphatic carbocycles. The van der Waals surface area contributed by atoms with Gasteiger partial charge < -0.3 is 26.0 Å². The lowest BCUT2D eigenvalue weighted by Gasteiger charge is -2.23. The number of alkyl carbamates (subject to hydrolysis) is 1. The molecule has 0 spiro atoms. The summed E-state index contributed by atoms with van der Waals surface area (Å²) in [4.78, 5) is 11.5. The predicted molar refractivity (Wildman–Crippen MR) is 83.8 cm³/mol. The molecular formula is C14H21BrN2O4. The van der Waals surface area contributed by atoms with Crippen LogP contribution in [0.15, 0.2) is 22.7 Å². The zero-order valence-electron chi connectivity index (χ0n) is 12.3.